The smallest absolute Gasteiger partial charge is 0.387 e. The molecular weight excluding hydrogens is 410 g/mol. The van der Waals surface area contributed by atoms with Gasteiger partial charge in [-0.05, 0) is 32.0 Å². The quantitative estimate of drug-likeness (QED) is 0.697. The maximum Gasteiger partial charge on any atom is 0.387 e. The van der Waals surface area contributed by atoms with Crippen LogP contribution in [0.15, 0.2) is 23.1 Å². The maximum absolute atomic E-state index is 12.9. The van der Waals surface area contributed by atoms with Crippen LogP contribution in [0.2, 0.25) is 5.02 Å². The molecule has 1 atom stereocenters. The first-order valence-corrected chi connectivity index (χ1v) is 10.6. The Morgan fingerprint density at radius 3 is 2.62 bits per heavy atom. The number of halogens is 3. The van der Waals surface area contributed by atoms with E-state index in [1.807, 2.05) is 13.8 Å². The summed E-state index contributed by atoms with van der Waals surface area (Å²) in [6.07, 6.45) is 0. The zero-order valence-electron chi connectivity index (χ0n) is 14.4. The summed E-state index contributed by atoms with van der Waals surface area (Å²) >= 11 is 7.18. The molecule has 0 aliphatic carbocycles. The van der Waals surface area contributed by atoms with Crippen LogP contribution in [-0.4, -0.2) is 60.9 Å². The highest BCUT2D eigenvalue weighted by Crippen LogP contribution is 2.33. The lowest BCUT2D eigenvalue weighted by atomic mass is 10.2. The molecule has 0 radical (unpaired) electrons. The standard InChI is InChI=1S/C15H19ClF2N2O4S2/c1-9(2)19(3)14(21)12-7-25-8-20(12)26(22,23)10-4-5-13(11(16)6-10)24-15(17)18/h4-6,9,12,15H,7-8H2,1-3H3/t12-/m1/s1. The molecule has 0 N–H and O–H groups in total. The van der Waals surface area contributed by atoms with E-state index in [-0.39, 0.29) is 33.5 Å². The summed E-state index contributed by atoms with van der Waals surface area (Å²) < 4.78 is 55.8. The lowest BCUT2D eigenvalue weighted by Gasteiger charge is -2.29. The summed E-state index contributed by atoms with van der Waals surface area (Å²) in [6.45, 7) is 0.597. The van der Waals surface area contributed by atoms with E-state index in [1.54, 1.807) is 7.05 Å². The van der Waals surface area contributed by atoms with Crippen molar-refractivity contribution in [2.75, 3.05) is 18.7 Å². The Morgan fingerprint density at radius 2 is 2.08 bits per heavy atom. The van der Waals surface area contributed by atoms with Gasteiger partial charge in [-0.1, -0.05) is 11.6 Å². The molecule has 0 unspecified atom stereocenters. The van der Waals surface area contributed by atoms with Gasteiger partial charge >= 0.3 is 6.61 Å². The zero-order chi connectivity index (χ0) is 19.6. The number of hydrogen-bond acceptors (Lipinski definition) is 5. The minimum Gasteiger partial charge on any atom is -0.433 e. The minimum absolute atomic E-state index is 0.0714. The van der Waals surface area contributed by atoms with Crippen molar-refractivity contribution >= 4 is 39.3 Å². The van der Waals surface area contributed by atoms with Crippen LogP contribution in [0.5, 0.6) is 5.75 Å². The molecule has 0 bridgehead atoms. The lowest BCUT2D eigenvalue weighted by Crippen LogP contribution is -2.49. The molecule has 1 amide bonds. The van der Waals surface area contributed by atoms with Gasteiger partial charge in [0.2, 0.25) is 15.9 Å². The highest BCUT2D eigenvalue weighted by molar-refractivity contribution is 8.00. The van der Waals surface area contributed by atoms with Crippen LogP contribution in [0.1, 0.15) is 13.8 Å². The van der Waals surface area contributed by atoms with Gasteiger partial charge in [-0.3, -0.25) is 4.79 Å². The zero-order valence-corrected chi connectivity index (χ0v) is 16.7. The first-order valence-electron chi connectivity index (χ1n) is 7.66. The predicted molar refractivity (Wildman–Crippen MR) is 96.1 cm³/mol. The number of sulfonamides is 1. The van der Waals surface area contributed by atoms with Crippen LogP contribution in [-0.2, 0) is 14.8 Å². The normalized spacial score (nSPS) is 18.5. The predicted octanol–water partition coefficient (Wildman–Crippen LogP) is 2.87. The van der Waals surface area contributed by atoms with Crippen molar-refractivity contribution in [2.24, 2.45) is 0 Å². The van der Waals surface area contributed by atoms with Crippen molar-refractivity contribution in [3.05, 3.63) is 23.2 Å². The molecule has 1 heterocycles. The van der Waals surface area contributed by atoms with E-state index in [4.69, 9.17) is 11.6 Å². The molecule has 146 valence electrons. The van der Waals surface area contributed by atoms with E-state index in [2.05, 4.69) is 4.74 Å². The van der Waals surface area contributed by atoms with Crippen molar-refractivity contribution in [2.45, 2.75) is 37.4 Å². The molecule has 0 spiro atoms. The first-order chi connectivity index (χ1) is 12.1. The van der Waals surface area contributed by atoms with Crippen LogP contribution in [0.4, 0.5) is 8.78 Å². The Kier molecular flexibility index (Phi) is 6.75. The number of rotatable bonds is 6. The number of thioether (sulfide) groups is 1. The Balaban J connectivity index is 2.31. The number of carbonyl (C=O) groups excluding carboxylic acids is 1. The van der Waals surface area contributed by atoms with Crippen molar-refractivity contribution in [1.29, 1.82) is 0 Å². The van der Waals surface area contributed by atoms with E-state index in [9.17, 15) is 22.0 Å². The Bertz CT molecular complexity index is 777. The van der Waals surface area contributed by atoms with E-state index in [0.29, 0.717) is 5.75 Å². The van der Waals surface area contributed by atoms with E-state index in [0.717, 1.165) is 22.5 Å². The van der Waals surface area contributed by atoms with Crippen molar-refractivity contribution < 1.29 is 26.7 Å². The average Bonchev–Trinajstić information content (AvgIpc) is 3.05. The van der Waals surface area contributed by atoms with Gasteiger partial charge in [0.25, 0.3) is 0 Å². The van der Waals surface area contributed by atoms with Crippen LogP contribution >= 0.6 is 23.4 Å². The summed E-state index contributed by atoms with van der Waals surface area (Å²) in [5.41, 5.74) is 0. The van der Waals surface area contributed by atoms with Crippen LogP contribution < -0.4 is 4.74 Å². The molecule has 0 saturated carbocycles. The Labute approximate surface area is 160 Å². The summed E-state index contributed by atoms with van der Waals surface area (Å²) in [4.78, 5) is 13.9. The van der Waals surface area contributed by atoms with Gasteiger partial charge in [-0.15, -0.1) is 11.8 Å². The second-order valence-corrected chi connectivity index (χ2v) is 9.22. The second kappa shape index (κ2) is 8.28. The van der Waals surface area contributed by atoms with Gasteiger partial charge in [-0.2, -0.15) is 13.1 Å². The molecule has 11 heteroatoms. The molecule has 26 heavy (non-hydrogen) atoms. The third-order valence-electron chi connectivity index (χ3n) is 3.98. The van der Waals surface area contributed by atoms with Crippen LogP contribution in [0, 0.1) is 0 Å². The summed E-state index contributed by atoms with van der Waals surface area (Å²) in [5, 5.41) is -0.250. The van der Waals surface area contributed by atoms with Gasteiger partial charge < -0.3 is 9.64 Å². The van der Waals surface area contributed by atoms with Gasteiger partial charge in [0.15, 0.2) is 0 Å². The Hall–Kier alpha value is -1.10. The third-order valence-corrected chi connectivity index (χ3v) is 7.30. The average molecular weight is 429 g/mol. The van der Waals surface area contributed by atoms with E-state index >= 15 is 0 Å². The fraction of sp³-hybridized carbons (Fsp3) is 0.533. The molecule has 1 fully saturated rings. The topological polar surface area (TPSA) is 66.9 Å². The highest BCUT2D eigenvalue weighted by atomic mass is 35.5. The Morgan fingerprint density at radius 1 is 1.42 bits per heavy atom. The first kappa shape index (κ1) is 21.2. The monoisotopic (exact) mass is 428 g/mol. The number of likely N-dealkylation sites (N-methyl/N-ethyl adjacent to an activating group) is 1. The third kappa shape index (κ3) is 4.41. The number of ether oxygens (including phenoxy) is 1. The highest BCUT2D eigenvalue weighted by Gasteiger charge is 2.41. The van der Waals surface area contributed by atoms with Crippen LogP contribution in [0.25, 0.3) is 0 Å². The number of hydrogen-bond donors (Lipinski definition) is 0. The number of alkyl halides is 2. The molecule has 6 nitrogen and oxygen atoms in total. The number of carbonyl (C=O) groups is 1. The largest absolute Gasteiger partial charge is 0.433 e. The van der Waals surface area contributed by atoms with Gasteiger partial charge in [-0.25, -0.2) is 8.42 Å². The summed E-state index contributed by atoms with van der Waals surface area (Å²) in [5.74, 6) is -0.145. The summed E-state index contributed by atoms with van der Waals surface area (Å²) in [7, 11) is -2.40. The van der Waals surface area contributed by atoms with Crippen molar-refractivity contribution in [3.63, 3.8) is 0 Å². The van der Waals surface area contributed by atoms with E-state index in [1.165, 1.54) is 16.7 Å². The SMILES string of the molecule is CC(C)N(C)C(=O)[C@H]1CSCN1S(=O)(=O)c1ccc(OC(F)F)c(Cl)c1. The number of nitrogens with zero attached hydrogens (tertiary/aromatic N) is 2. The fourth-order valence-corrected chi connectivity index (χ4v) is 5.77. The molecule has 1 aliphatic heterocycles. The molecule has 1 aliphatic rings. The molecule has 0 aromatic heterocycles. The lowest BCUT2D eigenvalue weighted by molar-refractivity contribution is -0.134. The number of benzene rings is 1. The molecule has 2 rings (SSSR count). The molecular formula is C15H19ClF2N2O4S2. The van der Waals surface area contributed by atoms with Gasteiger partial charge in [0.05, 0.1) is 15.8 Å². The van der Waals surface area contributed by atoms with Crippen LogP contribution in [0.3, 0.4) is 0 Å². The van der Waals surface area contributed by atoms with Gasteiger partial charge in [0, 0.05) is 18.8 Å². The molecule has 1 saturated heterocycles. The van der Waals surface area contributed by atoms with E-state index < -0.39 is 22.7 Å². The molecule has 1 aromatic carbocycles. The number of amides is 1. The van der Waals surface area contributed by atoms with Crippen molar-refractivity contribution in [1.82, 2.24) is 9.21 Å². The maximum atomic E-state index is 12.9. The van der Waals surface area contributed by atoms with Crippen molar-refractivity contribution in [3.8, 4) is 5.75 Å². The minimum atomic E-state index is -4.02. The van der Waals surface area contributed by atoms with Gasteiger partial charge in [0.1, 0.15) is 11.8 Å². The summed E-state index contributed by atoms with van der Waals surface area (Å²) in [6, 6.07) is 2.36. The second-order valence-electron chi connectivity index (χ2n) is 5.92. The fourth-order valence-electron chi connectivity index (χ4n) is 2.32. The molecule has 1 aromatic rings.